The van der Waals surface area contributed by atoms with Gasteiger partial charge in [0.05, 0.1) is 0 Å². The van der Waals surface area contributed by atoms with Crippen molar-refractivity contribution in [3.05, 3.63) is 71.8 Å². The largest absolute Gasteiger partial charge is 0.347 e. The summed E-state index contributed by atoms with van der Waals surface area (Å²) in [6.45, 7) is 0. The zero-order chi connectivity index (χ0) is 16.8. The van der Waals surface area contributed by atoms with Crippen LogP contribution < -0.4 is 10.6 Å². The van der Waals surface area contributed by atoms with Crippen LogP contribution in [0.1, 0.15) is 46.4 Å². The molecular formula is C20H22N2O2. The lowest BCUT2D eigenvalue weighted by atomic mass is 9.89. The average Bonchev–Trinajstić information content (AvgIpc) is 2.64. The van der Waals surface area contributed by atoms with Gasteiger partial charge in [0.2, 0.25) is 0 Å². The van der Waals surface area contributed by atoms with E-state index in [1.54, 1.807) is 24.3 Å². The molecule has 0 aliphatic heterocycles. The first kappa shape index (κ1) is 16.2. The molecule has 24 heavy (non-hydrogen) atoms. The van der Waals surface area contributed by atoms with E-state index in [0.29, 0.717) is 11.1 Å². The summed E-state index contributed by atoms with van der Waals surface area (Å²) in [4.78, 5) is 24.8. The van der Waals surface area contributed by atoms with Crippen molar-refractivity contribution in [2.75, 3.05) is 0 Å². The van der Waals surface area contributed by atoms with Gasteiger partial charge in [0.1, 0.15) is 0 Å². The molecule has 1 fully saturated rings. The summed E-state index contributed by atoms with van der Waals surface area (Å²) in [6, 6.07) is 18.3. The predicted octanol–water partition coefficient (Wildman–Crippen LogP) is 3.16. The quantitative estimate of drug-likeness (QED) is 0.908. The van der Waals surface area contributed by atoms with E-state index >= 15 is 0 Å². The van der Waals surface area contributed by atoms with Gasteiger partial charge in [-0.1, -0.05) is 49.2 Å². The van der Waals surface area contributed by atoms with Crippen LogP contribution in [-0.2, 0) is 0 Å². The van der Waals surface area contributed by atoms with Gasteiger partial charge in [-0.2, -0.15) is 0 Å². The molecule has 124 valence electrons. The molecule has 3 rings (SSSR count). The maximum Gasteiger partial charge on any atom is 0.251 e. The van der Waals surface area contributed by atoms with Crippen LogP contribution in [0.2, 0.25) is 0 Å². The lowest BCUT2D eigenvalue weighted by molar-refractivity contribution is 0.0863. The molecule has 2 aromatic rings. The third kappa shape index (κ3) is 4.02. The first-order chi connectivity index (χ1) is 11.7. The van der Waals surface area contributed by atoms with Gasteiger partial charge < -0.3 is 10.6 Å². The van der Waals surface area contributed by atoms with Crippen LogP contribution >= 0.6 is 0 Å². The molecular weight excluding hydrogens is 300 g/mol. The van der Waals surface area contributed by atoms with Crippen molar-refractivity contribution in [2.24, 2.45) is 0 Å². The van der Waals surface area contributed by atoms with Crippen LogP contribution in [0, 0.1) is 0 Å². The molecule has 0 aromatic heterocycles. The molecule has 0 unspecified atom stereocenters. The number of benzene rings is 2. The lowest BCUT2D eigenvalue weighted by Gasteiger charge is -2.32. The lowest BCUT2D eigenvalue weighted by Crippen LogP contribution is -2.53. The van der Waals surface area contributed by atoms with Gasteiger partial charge in [0.25, 0.3) is 11.8 Å². The van der Waals surface area contributed by atoms with Crippen LogP contribution in [0.3, 0.4) is 0 Å². The number of carbonyl (C=O) groups excluding carboxylic acids is 2. The number of rotatable bonds is 4. The minimum atomic E-state index is -0.0820. The SMILES string of the molecule is O=C(N[C@H]1CCCC[C@@H]1NC(=O)c1ccccc1)c1ccccc1. The summed E-state index contributed by atoms with van der Waals surface area (Å²) in [5.41, 5.74) is 1.30. The Balaban J connectivity index is 1.65. The highest BCUT2D eigenvalue weighted by molar-refractivity contribution is 5.95. The fourth-order valence-corrected chi connectivity index (χ4v) is 3.16. The van der Waals surface area contributed by atoms with Crippen LogP contribution in [0.15, 0.2) is 60.7 Å². The van der Waals surface area contributed by atoms with Crippen molar-refractivity contribution in [3.63, 3.8) is 0 Å². The topological polar surface area (TPSA) is 58.2 Å². The Bertz CT molecular complexity index is 624. The average molecular weight is 322 g/mol. The summed E-state index contributed by atoms with van der Waals surface area (Å²) in [7, 11) is 0. The monoisotopic (exact) mass is 322 g/mol. The molecule has 4 nitrogen and oxygen atoms in total. The van der Waals surface area contributed by atoms with Gasteiger partial charge in [0.15, 0.2) is 0 Å². The van der Waals surface area contributed by atoms with Gasteiger partial charge in [-0.3, -0.25) is 9.59 Å². The second kappa shape index (κ2) is 7.77. The first-order valence-electron chi connectivity index (χ1n) is 8.46. The fraction of sp³-hybridized carbons (Fsp3) is 0.300. The molecule has 1 aliphatic carbocycles. The number of nitrogens with one attached hydrogen (secondary N) is 2. The van der Waals surface area contributed by atoms with E-state index in [4.69, 9.17) is 0 Å². The Hall–Kier alpha value is -2.62. The maximum atomic E-state index is 12.4. The number of hydrogen-bond donors (Lipinski definition) is 2. The molecule has 2 atom stereocenters. The Labute approximate surface area is 142 Å². The third-order valence-corrected chi connectivity index (χ3v) is 4.47. The van der Waals surface area contributed by atoms with Gasteiger partial charge in [-0.25, -0.2) is 0 Å². The zero-order valence-electron chi connectivity index (χ0n) is 13.6. The molecule has 2 aromatic carbocycles. The normalized spacial score (nSPS) is 20.2. The van der Waals surface area contributed by atoms with Crippen LogP contribution in [0.25, 0.3) is 0 Å². The molecule has 0 heterocycles. The third-order valence-electron chi connectivity index (χ3n) is 4.47. The molecule has 4 heteroatoms. The Morgan fingerprint density at radius 1 is 0.667 bits per heavy atom. The highest BCUT2D eigenvalue weighted by Gasteiger charge is 2.28. The van der Waals surface area contributed by atoms with E-state index < -0.39 is 0 Å². The molecule has 0 saturated heterocycles. The molecule has 1 saturated carbocycles. The van der Waals surface area contributed by atoms with E-state index in [2.05, 4.69) is 10.6 Å². The summed E-state index contributed by atoms with van der Waals surface area (Å²) < 4.78 is 0. The van der Waals surface area contributed by atoms with Crippen molar-refractivity contribution >= 4 is 11.8 Å². The number of carbonyl (C=O) groups is 2. The fourth-order valence-electron chi connectivity index (χ4n) is 3.16. The van der Waals surface area contributed by atoms with Crippen molar-refractivity contribution in [2.45, 2.75) is 37.8 Å². The number of hydrogen-bond acceptors (Lipinski definition) is 2. The number of amides is 2. The van der Waals surface area contributed by atoms with Gasteiger partial charge in [0, 0.05) is 23.2 Å². The molecule has 0 spiro atoms. The Morgan fingerprint density at radius 3 is 1.42 bits per heavy atom. The molecule has 0 bridgehead atoms. The van der Waals surface area contributed by atoms with E-state index in [1.807, 2.05) is 36.4 Å². The van der Waals surface area contributed by atoms with Crippen molar-refractivity contribution in [1.29, 1.82) is 0 Å². The minimum absolute atomic E-state index is 0.0286. The Morgan fingerprint density at radius 2 is 1.04 bits per heavy atom. The summed E-state index contributed by atoms with van der Waals surface area (Å²) in [5, 5.41) is 6.18. The highest BCUT2D eigenvalue weighted by Crippen LogP contribution is 2.19. The van der Waals surface area contributed by atoms with E-state index in [1.165, 1.54) is 0 Å². The van der Waals surface area contributed by atoms with E-state index in [9.17, 15) is 9.59 Å². The van der Waals surface area contributed by atoms with Gasteiger partial charge >= 0.3 is 0 Å². The molecule has 1 aliphatic rings. The van der Waals surface area contributed by atoms with Crippen molar-refractivity contribution in [1.82, 2.24) is 10.6 Å². The summed E-state index contributed by atoms with van der Waals surface area (Å²) >= 11 is 0. The maximum absolute atomic E-state index is 12.4. The second-order valence-electron chi connectivity index (χ2n) is 6.18. The van der Waals surface area contributed by atoms with Crippen LogP contribution in [0.4, 0.5) is 0 Å². The Kier molecular flexibility index (Phi) is 5.26. The smallest absolute Gasteiger partial charge is 0.251 e. The highest BCUT2D eigenvalue weighted by atomic mass is 16.2. The summed E-state index contributed by atoms with van der Waals surface area (Å²) in [6.07, 6.45) is 3.91. The van der Waals surface area contributed by atoms with Gasteiger partial charge in [-0.05, 0) is 37.1 Å². The molecule has 2 amide bonds. The van der Waals surface area contributed by atoms with E-state index in [0.717, 1.165) is 25.7 Å². The van der Waals surface area contributed by atoms with Gasteiger partial charge in [-0.15, -0.1) is 0 Å². The zero-order valence-corrected chi connectivity index (χ0v) is 13.6. The second-order valence-corrected chi connectivity index (χ2v) is 6.18. The molecule has 2 N–H and O–H groups in total. The van der Waals surface area contributed by atoms with Crippen molar-refractivity contribution < 1.29 is 9.59 Å². The predicted molar refractivity (Wildman–Crippen MR) is 93.9 cm³/mol. The standard InChI is InChI=1S/C20H22N2O2/c23-19(15-9-3-1-4-10-15)21-17-13-7-8-14-18(17)22-20(24)16-11-5-2-6-12-16/h1-6,9-12,17-18H,7-8,13-14H2,(H,21,23)(H,22,24)/t17-,18-/m0/s1. The first-order valence-corrected chi connectivity index (χ1v) is 8.46. The van der Waals surface area contributed by atoms with Crippen LogP contribution in [0.5, 0.6) is 0 Å². The summed E-state index contributed by atoms with van der Waals surface area (Å²) in [5.74, 6) is -0.164. The van der Waals surface area contributed by atoms with Crippen molar-refractivity contribution in [3.8, 4) is 0 Å². The van der Waals surface area contributed by atoms with E-state index in [-0.39, 0.29) is 23.9 Å². The molecule has 0 radical (unpaired) electrons. The van der Waals surface area contributed by atoms with Crippen LogP contribution in [-0.4, -0.2) is 23.9 Å². The minimum Gasteiger partial charge on any atom is -0.347 e.